The Hall–Kier alpha value is -3.29. The lowest BCUT2D eigenvalue weighted by molar-refractivity contribution is 0.0513. The molecule has 2 heterocycles. The van der Waals surface area contributed by atoms with E-state index in [0.717, 1.165) is 55.4 Å². The maximum Gasteiger partial charge on any atom is 0.188 e. The zero-order valence-corrected chi connectivity index (χ0v) is 18.5. The minimum Gasteiger partial charge on any atom is -0.506 e. The van der Waals surface area contributed by atoms with Crippen LogP contribution in [0.1, 0.15) is 5.69 Å². The molecular weight excluding hydrogens is 406 g/mol. The summed E-state index contributed by atoms with van der Waals surface area (Å²) >= 11 is 0. The number of benzene rings is 2. The third kappa shape index (κ3) is 4.95. The molecule has 0 aliphatic carbocycles. The Kier molecular flexibility index (Phi) is 7.09. The number of para-hydroxylation sites is 3. The largest absolute Gasteiger partial charge is 0.506 e. The third-order valence-corrected chi connectivity index (χ3v) is 5.59. The molecular formula is C25H29N3O4. The first-order valence-electron chi connectivity index (χ1n) is 10.7. The van der Waals surface area contributed by atoms with Gasteiger partial charge < -0.3 is 24.2 Å². The predicted molar refractivity (Wildman–Crippen MR) is 124 cm³/mol. The number of nitrogens with zero attached hydrogens (tertiary/aromatic N) is 3. The number of piperazine rings is 1. The molecule has 1 aliphatic heterocycles. The molecule has 7 heteroatoms. The quantitative estimate of drug-likeness (QED) is 0.540. The highest BCUT2D eigenvalue weighted by atomic mass is 16.7. The molecule has 1 aliphatic rings. The standard InChI is InChI=1S/C25H29N3O4/c1-30-18-32-24-10-6-4-8-21(24)28-15-13-27(14-16-28)17-19-11-12-22(29)25(26-19)20-7-3-5-9-23(20)31-2/h3-12,29H,13-18H2,1-2H3. The summed E-state index contributed by atoms with van der Waals surface area (Å²) < 4.78 is 16.2. The molecule has 1 aromatic heterocycles. The predicted octanol–water partition coefficient (Wildman–Crippen LogP) is 3.77. The molecule has 168 valence electrons. The number of hydrogen-bond acceptors (Lipinski definition) is 7. The maximum atomic E-state index is 10.4. The van der Waals surface area contributed by atoms with Crippen LogP contribution in [0.25, 0.3) is 11.3 Å². The van der Waals surface area contributed by atoms with Crippen LogP contribution in [0.2, 0.25) is 0 Å². The molecule has 1 fully saturated rings. The van der Waals surface area contributed by atoms with E-state index in [1.54, 1.807) is 20.3 Å². The summed E-state index contributed by atoms with van der Waals surface area (Å²) in [5.74, 6) is 1.68. The van der Waals surface area contributed by atoms with Crippen LogP contribution in [-0.2, 0) is 11.3 Å². The monoisotopic (exact) mass is 435 g/mol. The molecule has 0 atom stereocenters. The number of methoxy groups -OCH3 is 2. The summed E-state index contributed by atoms with van der Waals surface area (Å²) in [5, 5.41) is 10.4. The summed E-state index contributed by atoms with van der Waals surface area (Å²) in [5.41, 5.74) is 3.33. The summed E-state index contributed by atoms with van der Waals surface area (Å²) in [7, 11) is 3.25. The van der Waals surface area contributed by atoms with E-state index in [1.165, 1.54) is 0 Å². The minimum atomic E-state index is 0.149. The average Bonchev–Trinajstić information content (AvgIpc) is 2.84. The van der Waals surface area contributed by atoms with E-state index in [2.05, 4.69) is 15.9 Å². The number of aromatic nitrogens is 1. The van der Waals surface area contributed by atoms with Crippen molar-refractivity contribution in [2.75, 3.05) is 52.1 Å². The van der Waals surface area contributed by atoms with Gasteiger partial charge in [-0.25, -0.2) is 4.98 Å². The summed E-state index contributed by atoms with van der Waals surface area (Å²) in [4.78, 5) is 9.47. The van der Waals surface area contributed by atoms with E-state index in [-0.39, 0.29) is 12.5 Å². The highest BCUT2D eigenvalue weighted by molar-refractivity contribution is 5.72. The van der Waals surface area contributed by atoms with Crippen molar-refractivity contribution in [2.45, 2.75) is 6.54 Å². The van der Waals surface area contributed by atoms with Crippen LogP contribution in [-0.4, -0.2) is 62.2 Å². The van der Waals surface area contributed by atoms with Crippen LogP contribution >= 0.6 is 0 Å². The Morgan fingerprint density at radius 2 is 1.59 bits per heavy atom. The second kappa shape index (κ2) is 10.3. The van der Waals surface area contributed by atoms with Gasteiger partial charge in [-0.1, -0.05) is 24.3 Å². The Morgan fingerprint density at radius 3 is 2.34 bits per heavy atom. The van der Waals surface area contributed by atoms with E-state index in [9.17, 15) is 5.11 Å². The van der Waals surface area contributed by atoms with Crippen molar-refractivity contribution in [2.24, 2.45) is 0 Å². The zero-order valence-electron chi connectivity index (χ0n) is 18.5. The fourth-order valence-corrected chi connectivity index (χ4v) is 3.96. The molecule has 0 unspecified atom stereocenters. The molecule has 1 N–H and O–H groups in total. The van der Waals surface area contributed by atoms with Gasteiger partial charge in [0.05, 0.1) is 18.5 Å². The van der Waals surface area contributed by atoms with E-state index < -0.39 is 0 Å². The van der Waals surface area contributed by atoms with Crippen LogP contribution in [0.15, 0.2) is 60.7 Å². The van der Waals surface area contributed by atoms with E-state index in [4.69, 9.17) is 19.2 Å². The SMILES string of the molecule is COCOc1ccccc1N1CCN(Cc2ccc(O)c(-c3ccccc3OC)n2)CC1. The second-order valence-corrected chi connectivity index (χ2v) is 7.65. The molecule has 0 amide bonds. The Balaban J connectivity index is 1.43. The van der Waals surface area contributed by atoms with E-state index in [1.807, 2.05) is 48.5 Å². The van der Waals surface area contributed by atoms with Gasteiger partial charge in [-0.15, -0.1) is 0 Å². The summed E-state index contributed by atoms with van der Waals surface area (Å²) in [6, 6.07) is 19.3. The number of aromatic hydroxyl groups is 1. The molecule has 7 nitrogen and oxygen atoms in total. The normalized spacial score (nSPS) is 14.4. The van der Waals surface area contributed by atoms with Gasteiger partial charge in [0.1, 0.15) is 22.9 Å². The number of ether oxygens (including phenoxy) is 3. The molecule has 0 radical (unpaired) electrons. The topological polar surface area (TPSA) is 67.3 Å². The van der Waals surface area contributed by atoms with Crippen molar-refractivity contribution in [3.8, 4) is 28.5 Å². The lowest BCUT2D eigenvalue weighted by Crippen LogP contribution is -2.46. The lowest BCUT2D eigenvalue weighted by atomic mass is 10.1. The Morgan fingerprint density at radius 1 is 0.875 bits per heavy atom. The first kappa shape index (κ1) is 21.9. The fourth-order valence-electron chi connectivity index (χ4n) is 3.96. The van der Waals surface area contributed by atoms with Crippen molar-refractivity contribution in [3.63, 3.8) is 0 Å². The smallest absolute Gasteiger partial charge is 0.188 e. The lowest BCUT2D eigenvalue weighted by Gasteiger charge is -2.36. The minimum absolute atomic E-state index is 0.149. The van der Waals surface area contributed by atoms with Gasteiger partial charge in [-0.05, 0) is 36.4 Å². The first-order chi connectivity index (χ1) is 15.7. The van der Waals surface area contributed by atoms with Gasteiger partial charge in [0.25, 0.3) is 0 Å². The van der Waals surface area contributed by atoms with Gasteiger partial charge in [0.2, 0.25) is 0 Å². The number of rotatable bonds is 8. The van der Waals surface area contributed by atoms with Crippen LogP contribution in [0, 0.1) is 0 Å². The maximum absolute atomic E-state index is 10.4. The zero-order chi connectivity index (χ0) is 22.3. The highest BCUT2D eigenvalue weighted by Crippen LogP contribution is 2.34. The van der Waals surface area contributed by atoms with Crippen molar-refractivity contribution < 1.29 is 19.3 Å². The first-order valence-corrected chi connectivity index (χ1v) is 10.7. The van der Waals surface area contributed by atoms with Crippen molar-refractivity contribution in [1.29, 1.82) is 0 Å². The van der Waals surface area contributed by atoms with Crippen LogP contribution in [0.5, 0.6) is 17.2 Å². The molecule has 0 saturated carbocycles. The molecule has 32 heavy (non-hydrogen) atoms. The van der Waals surface area contributed by atoms with Gasteiger partial charge in [0, 0.05) is 45.4 Å². The molecule has 2 aromatic carbocycles. The number of hydrogen-bond donors (Lipinski definition) is 1. The molecule has 0 spiro atoms. The Bertz CT molecular complexity index is 1040. The van der Waals surface area contributed by atoms with Crippen molar-refractivity contribution >= 4 is 5.69 Å². The van der Waals surface area contributed by atoms with Gasteiger partial charge >= 0.3 is 0 Å². The average molecular weight is 436 g/mol. The highest BCUT2D eigenvalue weighted by Gasteiger charge is 2.21. The van der Waals surface area contributed by atoms with E-state index >= 15 is 0 Å². The Labute approximate surface area is 188 Å². The van der Waals surface area contributed by atoms with E-state index in [0.29, 0.717) is 11.4 Å². The number of anilines is 1. The summed E-state index contributed by atoms with van der Waals surface area (Å²) in [6.07, 6.45) is 0. The third-order valence-electron chi connectivity index (χ3n) is 5.59. The van der Waals surface area contributed by atoms with Gasteiger partial charge in [-0.3, -0.25) is 4.90 Å². The molecule has 0 bridgehead atoms. The van der Waals surface area contributed by atoms with Crippen LogP contribution < -0.4 is 14.4 Å². The molecule has 1 saturated heterocycles. The molecule has 4 rings (SSSR count). The number of pyridine rings is 1. The second-order valence-electron chi connectivity index (χ2n) is 7.65. The van der Waals surface area contributed by atoms with Gasteiger partial charge in [-0.2, -0.15) is 0 Å². The van der Waals surface area contributed by atoms with Crippen molar-refractivity contribution in [3.05, 3.63) is 66.4 Å². The fraction of sp³-hybridized carbons (Fsp3) is 0.320. The van der Waals surface area contributed by atoms with Crippen molar-refractivity contribution in [1.82, 2.24) is 9.88 Å². The molecule has 3 aromatic rings. The summed E-state index contributed by atoms with van der Waals surface area (Å²) in [6.45, 7) is 4.56. The van der Waals surface area contributed by atoms with Gasteiger partial charge in [0.15, 0.2) is 6.79 Å². The van der Waals surface area contributed by atoms with Crippen LogP contribution in [0.4, 0.5) is 5.69 Å². The van der Waals surface area contributed by atoms with Crippen LogP contribution in [0.3, 0.4) is 0 Å².